The fraction of sp³-hybridized carbons (Fsp3) is 0.158. The first-order valence-corrected chi connectivity index (χ1v) is 7.81. The van der Waals surface area contributed by atoms with E-state index in [1.165, 1.54) is 0 Å². The van der Waals surface area contributed by atoms with Crippen molar-refractivity contribution >= 4 is 11.6 Å². The lowest BCUT2D eigenvalue weighted by Crippen LogP contribution is -2.19. The Morgan fingerprint density at radius 1 is 1.17 bits per heavy atom. The van der Waals surface area contributed by atoms with Crippen molar-refractivity contribution in [3.8, 4) is 11.4 Å². The molecule has 1 aliphatic rings. The number of amides is 1. The molecular formula is C19H17N3O2. The molecule has 2 heterocycles. The number of hydrogen-bond acceptors (Lipinski definition) is 3. The summed E-state index contributed by atoms with van der Waals surface area (Å²) in [5, 5.41) is 2.96. The third-order valence-corrected chi connectivity index (χ3v) is 4.42. The van der Waals surface area contributed by atoms with E-state index in [2.05, 4.69) is 10.3 Å². The summed E-state index contributed by atoms with van der Waals surface area (Å²) in [7, 11) is 0. The predicted octanol–water partition coefficient (Wildman–Crippen LogP) is 3.63. The molecule has 0 unspecified atom stereocenters. The summed E-state index contributed by atoms with van der Waals surface area (Å²) in [4.78, 5) is 17.0. The maximum absolute atomic E-state index is 12.7. The molecule has 1 aliphatic heterocycles. The van der Waals surface area contributed by atoms with Crippen molar-refractivity contribution in [2.24, 2.45) is 0 Å². The molecule has 5 nitrogen and oxygen atoms in total. The second kappa shape index (κ2) is 5.53. The molecule has 24 heavy (non-hydrogen) atoms. The van der Waals surface area contributed by atoms with Gasteiger partial charge in [0.05, 0.1) is 11.4 Å². The second-order valence-electron chi connectivity index (χ2n) is 5.87. The van der Waals surface area contributed by atoms with Crippen LogP contribution in [0.5, 0.6) is 5.75 Å². The Labute approximate surface area is 139 Å². The molecule has 5 heteroatoms. The molecule has 2 aromatic carbocycles. The van der Waals surface area contributed by atoms with Crippen LogP contribution in [0.4, 0.5) is 5.69 Å². The standard InChI is InChI=1S/C19H17N3O2/c1-12-6-5-7-14(13(12)2)21-19(23)18-16-10-24-17-9-4-3-8-15(17)22(16)11-20-18/h3-9,11H,10H2,1-2H3,(H,21,23). The van der Waals surface area contributed by atoms with Crippen LogP contribution in [-0.4, -0.2) is 15.5 Å². The number of para-hydroxylation sites is 2. The molecule has 120 valence electrons. The SMILES string of the molecule is Cc1cccc(NC(=O)c2ncn3c2COc2ccccc2-3)c1C. The van der Waals surface area contributed by atoms with Gasteiger partial charge in [-0.3, -0.25) is 9.36 Å². The van der Waals surface area contributed by atoms with Crippen LogP contribution in [0.1, 0.15) is 27.3 Å². The monoisotopic (exact) mass is 319 g/mol. The highest BCUT2D eigenvalue weighted by molar-refractivity contribution is 6.04. The minimum absolute atomic E-state index is 0.222. The topological polar surface area (TPSA) is 56.2 Å². The van der Waals surface area contributed by atoms with Crippen molar-refractivity contribution in [1.82, 2.24) is 9.55 Å². The summed E-state index contributed by atoms with van der Waals surface area (Å²) < 4.78 is 7.66. The number of carbonyl (C=O) groups is 1. The van der Waals surface area contributed by atoms with E-state index in [1.807, 2.05) is 60.9 Å². The van der Waals surface area contributed by atoms with E-state index >= 15 is 0 Å². The first kappa shape index (κ1) is 14.5. The van der Waals surface area contributed by atoms with Gasteiger partial charge in [0, 0.05) is 5.69 Å². The number of nitrogens with one attached hydrogen (secondary N) is 1. The lowest BCUT2D eigenvalue weighted by Gasteiger charge is -2.20. The third-order valence-electron chi connectivity index (χ3n) is 4.42. The van der Waals surface area contributed by atoms with E-state index in [-0.39, 0.29) is 5.91 Å². The van der Waals surface area contributed by atoms with Gasteiger partial charge in [0.15, 0.2) is 5.69 Å². The molecule has 4 rings (SSSR count). The molecule has 1 N–H and O–H groups in total. The van der Waals surface area contributed by atoms with Crippen LogP contribution in [0.25, 0.3) is 5.69 Å². The molecule has 1 aromatic heterocycles. The molecule has 0 saturated carbocycles. The summed E-state index contributed by atoms with van der Waals surface area (Å²) in [6.07, 6.45) is 1.68. The first-order chi connectivity index (χ1) is 11.6. The number of aromatic nitrogens is 2. The number of rotatable bonds is 2. The Morgan fingerprint density at radius 3 is 2.88 bits per heavy atom. The van der Waals surface area contributed by atoms with Crippen LogP contribution in [0, 0.1) is 13.8 Å². The smallest absolute Gasteiger partial charge is 0.276 e. The number of benzene rings is 2. The van der Waals surface area contributed by atoms with Crippen molar-refractivity contribution in [1.29, 1.82) is 0 Å². The van der Waals surface area contributed by atoms with Crippen LogP contribution >= 0.6 is 0 Å². The molecule has 0 fully saturated rings. The summed E-state index contributed by atoms with van der Waals surface area (Å²) in [5.74, 6) is 0.573. The van der Waals surface area contributed by atoms with E-state index in [0.717, 1.165) is 33.9 Å². The zero-order valence-corrected chi connectivity index (χ0v) is 13.5. The van der Waals surface area contributed by atoms with Gasteiger partial charge in [-0.25, -0.2) is 4.98 Å². The Hall–Kier alpha value is -3.08. The van der Waals surface area contributed by atoms with Crippen LogP contribution in [-0.2, 0) is 6.61 Å². The Balaban J connectivity index is 1.68. The van der Waals surface area contributed by atoms with E-state index in [1.54, 1.807) is 6.33 Å². The number of nitrogens with zero attached hydrogens (tertiary/aromatic N) is 2. The van der Waals surface area contributed by atoms with Crippen LogP contribution in [0.3, 0.4) is 0 Å². The second-order valence-corrected chi connectivity index (χ2v) is 5.87. The van der Waals surface area contributed by atoms with Crippen molar-refractivity contribution in [2.75, 3.05) is 5.32 Å². The molecule has 0 spiro atoms. The average molecular weight is 319 g/mol. The molecular weight excluding hydrogens is 302 g/mol. The fourth-order valence-electron chi connectivity index (χ4n) is 2.90. The minimum atomic E-state index is -0.222. The minimum Gasteiger partial charge on any atom is -0.485 e. The lowest BCUT2D eigenvalue weighted by molar-refractivity contribution is 0.101. The lowest BCUT2D eigenvalue weighted by atomic mass is 10.1. The van der Waals surface area contributed by atoms with Crippen LogP contribution in [0.15, 0.2) is 48.8 Å². The highest BCUT2D eigenvalue weighted by Gasteiger charge is 2.24. The number of hydrogen-bond donors (Lipinski definition) is 1. The van der Waals surface area contributed by atoms with Crippen molar-refractivity contribution in [3.63, 3.8) is 0 Å². The number of aryl methyl sites for hydroxylation is 1. The number of carbonyl (C=O) groups excluding carboxylic acids is 1. The van der Waals surface area contributed by atoms with E-state index < -0.39 is 0 Å². The summed E-state index contributed by atoms with van der Waals surface area (Å²) in [6, 6.07) is 13.6. The van der Waals surface area contributed by atoms with Gasteiger partial charge in [0.1, 0.15) is 18.7 Å². The van der Waals surface area contributed by atoms with Gasteiger partial charge in [-0.1, -0.05) is 24.3 Å². The number of fused-ring (bicyclic) bond motifs is 3. The molecule has 0 atom stereocenters. The zero-order chi connectivity index (χ0) is 16.7. The van der Waals surface area contributed by atoms with E-state index in [0.29, 0.717) is 12.3 Å². The highest BCUT2D eigenvalue weighted by Crippen LogP contribution is 2.30. The summed E-state index contributed by atoms with van der Waals surface area (Å²) >= 11 is 0. The van der Waals surface area contributed by atoms with Gasteiger partial charge in [0.2, 0.25) is 0 Å². The first-order valence-electron chi connectivity index (χ1n) is 7.81. The maximum Gasteiger partial charge on any atom is 0.276 e. The summed E-state index contributed by atoms with van der Waals surface area (Å²) in [5.41, 5.74) is 5.05. The number of ether oxygens (including phenoxy) is 1. The quantitative estimate of drug-likeness (QED) is 0.784. The van der Waals surface area contributed by atoms with Crippen molar-refractivity contribution in [3.05, 3.63) is 71.3 Å². The van der Waals surface area contributed by atoms with Gasteiger partial charge in [-0.15, -0.1) is 0 Å². The Morgan fingerprint density at radius 2 is 2.00 bits per heavy atom. The fourth-order valence-corrected chi connectivity index (χ4v) is 2.90. The van der Waals surface area contributed by atoms with Gasteiger partial charge < -0.3 is 10.1 Å². The van der Waals surface area contributed by atoms with E-state index in [9.17, 15) is 4.79 Å². The molecule has 0 bridgehead atoms. The van der Waals surface area contributed by atoms with Crippen LogP contribution in [0.2, 0.25) is 0 Å². The number of anilines is 1. The van der Waals surface area contributed by atoms with E-state index in [4.69, 9.17) is 4.74 Å². The largest absolute Gasteiger partial charge is 0.485 e. The highest BCUT2D eigenvalue weighted by atomic mass is 16.5. The van der Waals surface area contributed by atoms with Crippen molar-refractivity contribution in [2.45, 2.75) is 20.5 Å². The van der Waals surface area contributed by atoms with Gasteiger partial charge in [0.25, 0.3) is 5.91 Å². The maximum atomic E-state index is 12.7. The molecule has 0 radical (unpaired) electrons. The predicted molar refractivity (Wildman–Crippen MR) is 91.8 cm³/mol. The third kappa shape index (κ3) is 2.25. The van der Waals surface area contributed by atoms with Gasteiger partial charge >= 0.3 is 0 Å². The molecule has 0 saturated heterocycles. The Bertz CT molecular complexity index is 944. The number of imidazole rings is 1. The van der Waals surface area contributed by atoms with Gasteiger partial charge in [-0.05, 0) is 43.2 Å². The summed E-state index contributed by atoms with van der Waals surface area (Å²) in [6.45, 7) is 4.34. The Kier molecular flexibility index (Phi) is 3.34. The molecule has 0 aliphatic carbocycles. The molecule has 3 aromatic rings. The zero-order valence-electron chi connectivity index (χ0n) is 13.5. The van der Waals surface area contributed by atoms with Gasteiger partial charge in [-0.2, -0.15) is 0 Å². The molecule has 1 amide bonds. The van der Waals surface area contributed by atoms with Crippen LogP contribution < -0.4 is 10.1 Å². The normalized spacial score (nSPS) is 12.1. The average Bonchev–Trinajstić information content (AvgIpc) is 3.03. The van der Waals surface area contributed by atoms with Crippen molar-refractivity contribution < 1.29 is 9.53 Å².